The van der Waals surface area contributed by atoms with E-state index < -0.39 is 24.5 Å². The van der Waals surface area contributed by atoms with Crippen molar-refractivity contribution in [3.05, 3.63) is 40.3 Å². The van der Waals surface area contributed by atoms with Gasteiger partial charge in [-0.3, -0.25) is 14.5 Å². The summed E-state index contributed by atoms with van der Waals surface area (Å²) >= 11 is 6.24. The summed E-state index contributed by atoms with van der Waals surface area (Å²) in [5.74, 6) is -2.11. The Morgan fingerprint density at radius 1 is 1.38 bits per heavy atom. The molecule has 126 valence electrons. The Hall–Kier alpha value is -2.23. The third-order valence-electron chi connectivity index (χ3n) is 3.24. The van der Waals surface area contributed by atoms with E-state index in [0.717, 1.165) is 0 Å². The van der Waals surface area contributed by atoms with Gasteiger partial charge in [0.05, 0.1) is 11.5 Å². The van der Waals surface area contributed by atoms with Crippen molar-refractivity contribution >= 4 is 52.2 Å². The third-order valence-corrected chi connectivity index (χ3v) is 4.73. The molecule has 1 atom stereocenters. The standard InChI is InChI=1S/C15H14N2O5S2/c1-17-13(20)11(24-15(17)23)6-8-2-4-9(5-3-8)12(19)16-10(7-18)14(21)22/h2-6,10,18H,7H2,1H3,(H,16,19)(H,21,22). The van der Waals surface area contributed by atoms with Crippen molar-refractivity contribution in [2.24, 2.45) is 0 Å². The summed E-state index contributed by atoms with van der Waals surface area (Å²) in [5.41, 5.74) is 0.951. The predicted molar refractivity (Wildman–Crippen MR) is 93.4 cm³/mol. The third kappa shape index (κ3) is 3.99. The van der Waals surface area contributed by atoms with Crippen molar-refractivity contribution in [3.8, 4) is 0 Å². The number of likely N-dealkylation sites (N-methyl/N-ethyl adjacent to an activating group) is 1. The van der Waals surface area contributed by atoms with Crippen LogP contribution in [0.25, 0.3) is 6.08 Å². The molecule has 0 bridgehead atoms. The molecular formula is C15H14N2O5S2. The Morgan fingerprint density at radius 3 is 2.46 bits per heavy atom. The highest BCUT2D eigenvalue weighted by atomic mass is 32.2. The summed E-state index contributed by atoms with van der Waals surface area (Å²) in [4.78, 5) is 36.5. The maximum atomic E-state index is 11.9. The van der Waals surface area contributed by atoms with E-state index in [-0.39, 0.29) is 11.5 Å². The van der Waals surface area contributed by atoms with Crippen molar-refractivity contribution in [1.29, 1.82) is 0 Å². The number of nitrogens with one attached hydrogen (secondary N) is 1. The number of thiocarbonyl (C=S) groups is 1. The highest BCUT2D eigenvalue weighted by Crippen LogP contribution is 2.31. The zero-order valence-corrected chi connectivity index (χ0v) is 14.2. The molecule has 0 aromatic heterocycles. The van der Waals surface area contributed by atoms with Gasteiger partial charge in [0, 0.05) is 12.6 Å². The number of aliphatic hydroxyl groups is 1. The van der Waals surface area contributed by atoms with Crippen molar-refractivity contribution in [1.82, 2.24) is 10.2 Å². The second kappa shape index (κ2) is 7.56. The van der Waals surface area contributed by atoms with Gasteiger partial charge < -0.3 is 15.5 Å². The number of carboxylic acids is 1. The summed E-state index contributed by atoms with van der Waals surface area (Å²) < 4.78 is 0.478. The summed E-state index contributed by atoms with van der Waals surface area (Å²) in [5, 5.41) is 19.9. The van der Waals surface area contributed by atoms with E-state index in [4.69, 9.17) is 22.4 Å². The SMILES string of the molecule is CN1C(=O)C(=Cc2ccc(C(=O)NC(CO)C(=O)O)cc2)SC1=S. The monoisotopic (exact) mass is 366 g/mol. The van der Waals surface area contributed by atoms with Crippen LogP contribution in [-0.2, 0) is 9.59 Å². The molecule has 0 aliphatic carbocycles. The van der Waals surface area contributed by atoms with E-state index in [1.165, 1.54) is 28.8 Å². The first-order valence-corrected chi connectivity index (χ1v) is 8.02. The summed E-state index contributed by atoms with van der Waals surface area (Å²) in [6, 6.07) is 4.91. The molecule has 24 heavy (non-hydrogen) atoms. The molecule has 1 heterocycles. The Labute approximate surface area is 147 Å². The number of benzene rings is 1. The minimum Gasteiger partial charge on any atom is -0.480 e. The molecule has 7 nitrogen and oxygen atoms in total. The van der Waals surface area contributed by atoms with Crippen LogP contribution in [0.4, 0.5) is 0 Å². The Balaban J connectivity index is 2.11. The molecule has 0 spiro atoms. The molecule has 0 saturated carbocycles. The predicted octanol–water partition coefficient (Wildman–Crippen LogP) is 0.693. The van der Waals surface area contributed by atoms with E-state index in [9.17, 15) is 14.4 Å². The number of carbonyl (C=O) groups excluding carboxylic acids is 2. The molecule has 1 aromatic rings. The second-order valence-corrected chi connectivity index (χ2v) is 6.59. The summed E-state index contributed by atoms with van der Waals surface area (Å²) in [7, 11) is 1.60. The fourth-order valence-corrected chi connectivity index (χ4v) is 3.03. The highest BCUT2D eigenvalue weighted by Gasteiger charge is 2.28. The lowest BCUT2D eigenvalue weighted by atomic mass is 10.1. The molecule has 1 aromatic carbocycles. The van der Waals surface area contributed by atoms with E-state index in [1.54, 1.807) is 25.3 Å². The van der Waals surface area contributed by atoms with Crippen molar-refractivity contribution in [2.45, 2.75) is 6.04 Å². The van der Waals surface area contributed by atoms with Crippen LogP contribution in [0.2, 0.25) is 0 Å². The maximum absolute atomic E-state index is 11.9. The second-order valence-electron chi connectivity index (χ2n) is 4.91. The average Bonchev–Trinajstić information content (AvgIpc) is 2.79. The molecule has 1 aliphatic rings. The zero-order chi connectivity index (χ0) is 17.9. The molecule has 1 saturated heterocycles. The van der Waals surface area contributed by atoms with Crippen molar-refractivity contribution in [2.75, 3.05) is 13.7 Å². The number of thioether (sulfide) groups is 1. The minimum absolute atomic E-state index is 0.181. The van der Waals surface area contributed by atoms with Crippen LogP contribution >= 0.6 is 24.0 Å². The Kier molecular flexibility index (Phi) is 5.71. The van der Waals surface area contributed by atoms with E-state index in [1.807, 2.05) is 0 Å². The van der Waals surface area contributed by atoms with Gasteiger partial charge in [0.1, 0.15) is 4.32 Å². The van der Waals surface area contributed by atoms with Crippen LogP contribution in [0.15, 0.2) is 29.2 Å². The first kappa shape index (κ1) is 18.1. The number of hydrogen-bond donors (Lipinski definition) is 3. The van der Waals surface area contributed by atoms with Gasteiger partial charge >= 0.3 is 5.97 Å². The van der Waals surface area contributed by atoms with Gasteiger partial charge in [-0.25, -0.2) is 4.79 Å². The van der Waals surface area contributed by atoms with Gasteiger partial charge in [0.25, 0.3) is 11.8 Å². The fraction of sp³-hybridized carbons (Fsp3) is 0.200. The van der Waals surface area contributed by atoms with Crippen LogP contribution in [0.3, 0.4) is 0 Å². The minimum atomic E-state index is -1.36. The van der Waals surface area contributed by atoms with Crippen LogP contribution < -0.4 is 5.32 Å². The number of rotatable bonds is 5. The van der Waals surface area contributed by atoms with Crippen molar-refractivity contribution in [3.63, 3.8) is 0 Å². The fourth-order valence-electron chi connectivity index (χ4n) is 1.85. The van der Waals surface area contributed by atoms with Crippen LogP contribution in [0, 0.1) is 0 Å². The summed E-state index contributed by atoms with van der Waals surface area (Å²) in [6.07, 6.45) is 1.66. The van der Waals surface area contributed by atoms with Gasteiger partial charge in [-0.05, 0) is 23.8 Å². The average molecular weight is 366 g/mol. The topological polar surface area (TPSA) is 107 Å². The lowest BCUT2D eigenvalue weighted by Crippen LogP contribution is -2.43. The Morgan fingerprint density at radius 2 is 2.00 bits per heavy atom. The number of carbonyl (C=O) groups is 3. The molecule has 2 rings (SSSR count). The van der Waals surface area contributed by atoms with E-state index >= 15 is 0 Å². The highest BCUT2D eigenvalue weighted by molar-refractivity contribution is 8.26. The number of nitrogens with zero attached hydrogens (tertiary/aromatic N) is 1. The molecule has 0 radical (unpaired) electrons. The van der Waals surface area contributed by atoms with Crippen molar-refractivity contribution < 1.29 is 24.6 Å². The first-order valence-electron chi connectivity index (χ1n) is 6.79. The lowest BCUT2D eigenvalue weighted by Gasteiger charge is -2.11. The summed E-state index contributed by atoms with van der Waals surface area (Å²) in [6.45, 7) is -0.696. The number of amides is 2. The van der Waals surface area contributed by atoms with Gasteiger partial charge in [0.15, 0.2) is 6.04 Å². The van der Waals surface area contributed by atoms with Crippen LogP contribution in [0.1, 0.15) is 15.9 Å². The van der Waals surface area contributed by atoms with Gasteiger partial charge in [-0.15, -0.1) is 0 Å². The molecule has 9 heteroatoms. The molecule has 1 unspecified atom stereocenters. The Bertz CT molecular complexity index is 730. The molecular weight excluding hydrogens is 352 g/mol. The molecule has 2 amide bonds. The lowest BCUT2D eigenvalue weighted by molar-refractivity contribution is -0.140. The van der Waals surface area contributed by atoms with Gasteiger partial charge in [0.2, 0.25) is 0 Å². The normalized spacial score (nSPS) is 17.2. The van der Waals surface area contributed by atoms with Crippen LogP contribution in [-0.4, -0.2) is 56.9 Å². The number of hydrogen-bond acceptors (Lipinski definition) is 6. The number of aliphatic carboxylic acids is 1. The number of carboxylic acid groups (broad SMARTS) is 1. The van der Waals surface area contributed by atoms with Crippen LogP contribution in [0.5, 0.6) is 0 Å². The maximum Gasteiger partial charge on any atom is 0.328 e. The largest absolute Gasteiger partial charge is 0.480 e. The van der Waals surface area contributed by atoms with E-state index in [0.29, 0.717) is 14.8 Å². The molecule has 1 aliphatic heterocycles. The quantitative estimate of drug-likeness (QED) is 0.520. The zero-order valence-electron chi connectivity index (χ0n) is 12.6. The van der Waals surface area contributed by atoms with E-state index in [2.05, 4.69) is 5.32 Å². The first-order chi connectivity index (χ1) is 11.3. The number of aliphatic hydroxyl groups excluding tert-OH is 1. The molecule has 3 N–H and O–H groups in total. The molecule has 1 fully saturated rings. The van der Waals surface area contributed by atoms with Gasteiger partial charge in [-0.1, -0.05) is 36.1 Å². The van der Waals surface area contributed by atoms with Gasteiger partial charge in [-0.2, -0.15) is 0 Å². The smallest absolute Gasteiger partial charge is 0.328 e.